The molecule has 4 heteroatoms. The van der Waals surface area contributed by atoms with E-state index in [9.17, 15) is 10.2 Å². The van der Waals surface area contributed by atoms with E-state index in [2.05, 4.69) is 48.0 Å². The van der Waals surface area contributed by atoms with Crippen LogP contribution in [0.3, 0.4) is 0 Å². The Morgan fingerprint density at radius 2 is 2.00 bits per heavy atom. The van der Waals surface area contributed by atoms with Crippen LogP contribution in [0.5, 0.6) is 0 Å². The first kappa shape index (κ1) is 14.1. The summed E-state index contributed by atoms with van der Waals surface area (Å²) in [5, 5.41) is 22.6. The van der Waals surface area contributed by atoms with Crippen molar-refractivity contribution in [2.75, 3.05) is 11.9 Å². The van der Waals surface area contributed by atoms with Crippen molar-refractivity contribution in [1.29, 1.82) is 0 Å². The summed E-state index contributed by atoms with van der Waals surface area (Å²) in [6, 6.07) is 9.70. The first-order chi connectivity index (χ1) is 11.6. The van der Waals surface area contributed by atoms with E-state index in [-0.39, 0.29) is 17.7 Å². The lowest BCUT2D eigenvalue weighted by Gasteiger charge is -2.62. The van der Waals surface area contributed by atoms with Gasteiger partial charge in [-0.3, -0.25) is 4.90 Å². The van der Waals surface area contributed by atoms with Gasteiger partial charge in [-0.05, 0) is 36.8 Å². The van der Waals surface area contributed by atoms with Crippen LogP contribution in [-0.2, 0) is 5.41 Å². The van der Waals surface area contributed by atoms with Crippen LogP contribution in [0.4, 0.5) is 5.69 Å². The molecule has 24 heavy (non-hydrogen) atoms. The number of aliphatic hydroxyl groups is 2. The second-order valence-electron chi connectivity index (χ2n) is 8.81. The van der Waals surface area contributed by atoms with Crippen LogP contribution >= 0.6 is 0 Å². The molecule has 5 heterocycles. The van der Waals surface area contributed by atoms with Crippen LogP contribution in [0, 0.1) is 17.8 Å². The number of rotatable bonds is 1. The third-order valence-corrected chi connectivity index (χ3v) is 8.46. The molecule has 7 rings (SSSR count). The van der Waals surface area contributed by atoms with Gasteiger partial charge in [-0.15, -0.1) is 0 Å². The Kier molecular flexibility index (Phi) is 2.45. The second kappa shape index (κ2) is 4.17. The standard InChI is InChI=1S/C20H26N2O2/c1-3-10-11-8-14-17-20(12-6-4-5-7-13(12)21(17)2)9-15(16(11)18(20)23)22(14)19(10)24/h4-7,10-11,14-19,23-24H,3,8-9H2,1-2H3/t10-,11?,14?,15?,16?,17-,18+,19+,20?/m0/s1. The monoisotopic (exact) mass is 326 g/mol. The number of benzene rings is 1. The Balaban J connectivity index is 1.60. The summed E-state index contributed by atoms with van der Waals surface area (Å²) >= 11 is 0. The van der Waals surface area contributed by atoms with E-state index in [0.29, 0.717) is 35.9 Å². The molecule has 10 atom stereocenters. The first-order valence-electron chi connectivity index (χ1n) is 9.57. The minimum absolute atomic E-state index is 0.126. The number of hydrogen-bond donors (Lipinski definition) is 2. The largest absolute Gasteiger partial charge is 0.392 e. The number of likely N-dealkylation sites (N-methyl/N-ethyl adjacent to an activating group) is 1. The molecule has 0 radical (unpaired) electrons. The zero-order valence-corrected chi connectivity index (χ0v) is 14.3. The molecular formula is C20H26N2O2. The molecule has 5 fully saturated rings. The molecule has 4 nitrogen and oxygen atoms in total. The van der Waals surface area contributed by atoms with Gasteiger partial charge in [0.05, 0.1) is 12.1 Å². The molecule has 6 unspecified atom stereocenters. The summed E-state index contributed by atoms with van der Waals surface area (Å²) < 4.78 is 0. The maximum Gasteiger partial charge on any atom is 0.111 e. The highest BCUT2D eigenvalue weighted by Gasteiger charge is 2.76. The molecule has 6 aliphatic rings. The fourth-order valence-electron chi connectivity index (χ4n) is 7.88. The van der Waals surface area contributed by atoms with E-state index in [0.717, 1.165) is 19.3 Å². The smallest absolute Gasteiger partial charge is 0.111 e. The number of fused-ring (bicyclic) bond motifs is 2. The summed E-state index contributed by atoms with van der Waals surface area (Å²) in [6.07, 6.45) is 2.56. The van der Waals surface area contributed by atoms with Crippen molar-refractivity contribution in [3.63, 3.8) is 0 Å². The van der Waals surface area contributed by atoms with Crippen molar-refractivity contribution in [1.82, 2.24) is 4.90 Å². The quantitative estimate of drug-likeness (QED) is 0.822. The van der Waals surface area contributed by atoms with Gasteiger partial charge in [0.15, 0.2) is 0 Å². The number of anilines is 1. The highest BCUT2D eigenvalue weighted by atomic mass is 16.3. The Morgan fingerprint density at radius 1 is 1.21 bits per heavy atom. The van der Waals surface area contributed by atoms with E-state index in [1.54, 1.807) is 0 Å². The molecule has 4 saturated heterocycles. The summed E-state index contributed by atoms with van der Waals surface area (Å²) in [7, 11) is 2.19. The number of nitrogens with zero attached hydrogens (tertiary/aromatic N) is 2. The van der Waals surface area contributed by atoms with Gasteiger partial charge in [0.2, 0.25) is 0 Å². The van der Waals surface area contributed by atoms with Crippen LogP contribution in [-0.4, -0.2) is 52.6 Å². The van der Waals surface area contributed by atoms with Crippen molar-refractivity contribution >= 4 is 5.69 Å². The Labute approximate surface area is 143 Å². The van der Waals surface area contributed by atoms with Crippen molar-refractivity contribution in [3.8, 4) is 0 Å². The summed E-state index contributed by atoms with van der Waals surface area (Å²) in [4.78, 5) is 4.83. The van der Waals surface area contributed by atoms with Crippen LogP contribution in [0.1, 0.15) is 31.7 Å². The average molecular weight is 326 g/mol. The summed E-state index contributed by atoms with van der Waals surface area (Å²) in [6.45, 7) is 2.19. The SMILES string of the molecule is CC[C@H]1C2CC3[C@@H]4N(C)c5ccccc5C45CC(C2[C@H]5O)N3[C@@H]1O. The molecule has 0 amide bonds. The van der Waals surface area contributed by atoms with Crippen LogP contribution < -0.4 is 4.90 Å². The molecule has 0 aromatic heterocycles. The molecule has 5 aliphatic heterocycles. The maximum atomic E-state index is 11.6. The van der Waals surface area contributed by atoms with E-state index in [1.807, 2.05) is 0 Å². The minimum atomic E-state index is -0.319. The molecule has 1 spiro atoms. The van der Waals surface area contributed by atoms with Gasteiger partial charge in [-0.25, -0.2) is 0 Å². The molecule has 1 aromatic carbocycles. The van der Waals surface area contributed by atoms with Gasteiger partial charge in [0.25, 0.3) is 0 Å². The predicted molar refractivity (Wildman–Crippen MR) is 91.7 cm³/mol. The zero-order chi connectivity index (χ0) is 16.4. The van der Waals surface area contributed by atoms with Crippen molar-refractivity contribution < 1.29 is 10.2 Å². The van der Waals surface area contributed by atoms with E-state index < -0.39 is 0 Å². The third-order valence-electron chi connectivity index (χ3n) is 8.46. The average Bonchev–Trinajstić information content (AvgIpc) is 2.97. The minimum Gasteiger partial charge on any atom is -0.392 e. The van der Waals surface area contributed by atoms with Crippen molar-refractivity contribution in [3.05, 3.63) is 29.8 Å². The van der Waals surface area contributed by atoms with E-state index >= 15 is 0 Å². The molecule has 5 bridgehead atoms. The van der Waals surface area contributed by atoms with E-state index in [4.69, 9.17) is 0 Å². The van der Waals surface area contributed by atoms with Crippen LogP contribution in [0.25, 0.3) is 0 Å². The van der Waals surface area contributed by atoms with Gasteiger partial charge < -0.3 is 15.1 Å². The lowest BCUT2D eigenvalue weighted by Crippen LogP contribution is -2.72. The number of aliphatic hydroxyl groups excluding tert-OH is 2. The first-order valence-corrected chi connectivity index (χ1v) is 9.57. The Morgan fingerprint density at radius 3 is 2.79 bits per heavy atom. The number of hydrogen-bond acceptors (Lipinski definition) is 4. The predicted octanol–water partition coefficient (Wildman–Crippen LogP) is 1.55. The highest BCUT2D eigenvalue weighted by Crippen LogP contribution is 2.68. The third kappa shape index (κ3) is 1.20. The Bertz CT molecular complexity index is 723. The molecular weight excluding hydrogens is 300 g/mol. The lowest BCUT2D eigenvalue weighted by atomic mass is 9.62. The van der Waals surface area contributed by atoms with Crippen LogP contribution in [0.15, 0.2) is 24.3 Å². The fourth-order valence-corrected chi connectivity index (χ4v) is 7.88. The number of para-hydroxylation sites is 1. The van der Waals surface area contributed by atoms with Crippen molar-refractivity contribution in [2.45, 2.75) is 62.1 Å². The molecule has 1 saturated carbocycles. The van der Waals surface area contributed by atoms with E-state index in [1.165, 1.54) is 11.3 Å². The van der Waals surface area contributed by atoms with Gasteiger partial charge >= 0.3 is 0 Å². The second-order valence-corrected chi connectivity index (χ2v) is 8.81. The normalized spacial score (nSPS) is 55.8. The van der Waals surface area contributed by atoms with Gasteiger partial charge in [-0.2, -0.15) is 0 Å². The maximum absolute atomic E-state index is 11.6. The topological polar surface area (TPSA) is 46.9 Å². The zero-order valence-electron chi connectivity index (χ0n) is 14.3. The number of piperidine rings is 4. The van der Waals surface area contributed by atoms with Gasteiger partial charge in [0.1, 0.15) is 6.23 Å². The van der Waals surface area contributed by atoms with Gasteiger partial charge in [0, 0.05) is 42.1 Å². The van der Waals surface area contributed by atoms with Gasteiger partial charge in [-0.1, -0.05) is 25.1 Å². The molecule has 1 aliphatic carbocycles. The molecule has 128 valence electrons. The lowest BCUT2D eigenvalue weighted by molar-refractivity contribution is -0.211. The fraction of sp³-hybridized carbons (Fsp3) is 0.700. The summed E-state index contributed by atoms with van der Waals surface area (Å²) in [5.74, 6) is 1.14. The van der Waals surface area contributed by atoms with Crippen molar-refractivity contribution in [2.24, 2.45) is 17.8 Å². The highest BCUT2D eigenvalue weighted by molar-refractivity contribution is 5.67. The van der Waals surface area contributed by atoms with Crippen LogP contribution in [0.2, 0.25) is 0 Å². The molecule has 2 N–H and O–H groups in total. The summed E-state index contributed by atoms with van der Waals surface area (Å²) in [5.41, 5.74) is 2.51. The molecule has 1 aromatic rings. The Hall–Kier alpha value is -1.10.